The van der Waals surface area contributed by atoms with E-state index in [0.717, 1.165) is 5.56 Å². The molecule has 1 atom stereocenters. The zero-order valence-electron chi connectivity index (χ0n) is 11.6. The van der Waals surface area contributed by atoms with Gasteiger partial charge in [0.05, 0.1) is 12.5 Å². The van der Waals surface area contributed by atoms with Gasteiger partial charge in [0.15, 0.2) is 0 Å². The molecule has 0 bridgehead atoms. The summed E-state index contributed by atoms with van der Waals surface area (Å²) < 4.78 is 0. The molecule has 0 spiro atoms. The molecular formula is C17H15ClN2O. The van der Waals surface area contributed by atoms with Gasteiger partial charge < -0.3 is 5.32 Å². The second kappa shape index (κ2) is 6.43. The summed E-state index contributed by atoms with van der Waals surface area (Å²) in [5.74, 6) is -0.194. The molecule has 0 aromatic heterocycles. The Kier molecular flexibility index (Phi) is 4.62. The van der Waals surface area contributed by atoms with E-state index in [-0.39, 0.29) is 12.3 Å². The van der Waals surface area contributed by atoms with E-state index in [1.807, 2.05) is 30.3 Å². The minimum atomic E-state index is -1.07. The largest absolute Gasteiger partial charge is 0.334 e. The van der Waals surface area contributed by atoms with E-state index in [4.69, 9.17) is 11.6 Å². The molecule has 0 saturated carbocycles. The van der Waals surface area contributed by atoms with Crippen molar-refractivity contribution in [3.63, 3.8) is 0 Å². The SMILES string of the molecule is CC(C#N)(NC(=O)Cc1ccccc1)c1ccc(Cl)cc1. The highest BCUT2D eigenvalue weighted by Gasteiger charge is 2.28. The molecule has 106 valence electrons. The third kappa shape index (κ3) is 3.84. The molecule has 1 unspecified atom stereocenters. The van der Waals surface area contributed by atoms with E-state index in [0.29, 0.717) is 10.6 Å². The lowest BCUT2D eigenvalue weighted by molar-refractivity contribution is -0.121. The van der Waals surface area contributed by atoms with Crippen LogP contribution < -0.4 is 5.32 Å². The fourth-order valence-corrected chi connectivity index (χ4v) is 2.18. The van der Waals surface area contributed by atoms with Gasteiger partial charge in [-0.05, 0) is 30.2 Å². The Morgan fingerprint density at radius 3 is 2.38 bits per heavy atom. The van der Waals surface area contributed by atoms with Gasteiger partial charge >= 0.3 is 0 Å². The lowest BCUT2D eigenvalue weighted by Crippen LogP contribution is -2.43. The maximum Gasteiger partial charge on any atom is 0.225 e. The van der Waals surface area contributed by atoms with E-state index in [1.54, 1.807) is 31.2 Å². The predicted molar refractivity (Wildman–Crippen MR) is 82.7 cm³/mol. The first-order valence-corrected chi connectivity index (χ1v) is 6.93. The summed E-state index contributed by atoms with van der Waals surface area (Å²) in [4.78, 5) is 12.1. The number of carbonyl (C=O) groups excluding carboxylic acids is 1. The number of hydrogen-bond donors (Lipinski definition) is 1. The maximum atomic E-state index is 12.1. The van der Waals surface area contributed by atoms with Gasteiger partial charge in [-0.2, -0.15) is 5.26 Å². The van der Waals surface area contributed by atoms with Gasteiger partial charge in [0.1, 0.15) is 5.54 Å². The molecule has 1 N–H and O–H groups in total. The molecule has 3 nitrogen and oxygen atoms in total. The number of halogens is 1. The summed E-state index contributed by atoms with van der Waals surface area (Å²) in [6.45, 7) is 1.68. The van der Waals surface area contributed by atoms with Crippen LogP contribution in [0.2, 0.25) is 5.02 Å². The Balaban J connectivity index is 2.13. The summed E-state index contributed by atoms with van der Waals surface area (Å²) in [6.07, 6.45) is 0.242. The van der Waals surface area contributed by atoms with Crippen LogP contribution in [0.5, 0.6) is 0 Å². The standard InChI is InChI=1S/C17H15ClN2O/c1-17(12-19,14-7-9-15(18)10-8-14)20-16(21)11-13-5-3-2-4-6-13/h2-10H,11H2,1H3,(H,20,21). The first kappa shape index (κ1) is 15.1. The smallest absolute Gasteiger partial charge is 0.225 e. The van der Waals surface area contributed by atoms with Crippen molar-refractivity contribution >= 4 is 17.5 Å². The molecule has 1 amide bonds. The van der Waals surface area contributed by atoms with Crippen LogP contribution in [0.1, 0.15) is 18.1 Å². The van der Waals surface area contributed by atoms with Crippen molar-refractivity contribution in [1.82, 2.24) is 5.32 Å². The van der Waals surface area contributed by atoms with Crippen molar-refractivity contribution in [3.05, 3.63) is 70.7 Å². The monoisotopic (exact) mass is 298 g/mol. The van der Waals surface area contributed by atoms with Gasteiger partial charge in [-0.15, -0.1) is 0 Å². The molecular weight excluding hydrogens is 284 g/mol. The van der Waals surface area contributed by atoms with Crippen LogP contribution in [0.3, 0.4) is 0 Å². The Labute approximate surface area is 129 Å². The van der Waals surface area contributed by atoms with E-state index >= 15 is 0 Å². The number of amides is 1. The molecule has 2 rings (SSSR count). The van der Waals surface area contributed by atoms with Crippen molar-refractivity contribution in [2.75, 3.05) is 0 Å². The van der Waals surface area contributed by atoms with Gasteiger partial charge in [0.2, 0.25) is 5.91 Å². The number of nitrogens with zero attached hydrogens (tertiary/aromatic N) is 1. The Bertz CT molecular complexity index is 661. The summed E-state index contributed by atoms with van der Waals surface area (Å²) in [7, 11) is 0. The molecule has 4 heteroatoms. The average molecular weight is 299 g/mol. The Morgan fingerprint density at radius 2 is 1.81 bits per heavy atom. The van der Waals surface area contributed by atoms with Gasteiger partial charge in [-0.25, -0.2) is 0 Å². The van der Waals surface area contributed by atoms with Crippen LogP contribution in [0.15, 0.2) is 54.6 Å². The lowest BCUT2D eigenvalue weighted by Gasteiger charge is -2.24. The van der Waals surface area contributed by atoms with Crippen molar-refractivity contribution in [2.24, 2.45) is 0 Å². The van der Waals surface area contributed by atoms with E-state index < -0.39 is 5.54 Å². The van der Waals surface area contributed by atoms with Crippen LogP contribution in [0.4, 0.5) is 0 Å². The van der Waals surface area contributed by atoms with Crippen LogP contribution in [0, 0.1) is 11.3 Å². The zero-order valence-corrected chi connectivity index (χ0v) is 12.4. The maximum absolute atomic E-state index is 12.1. The highest BCUT2D eigenvalue weighted by molar-refractivity contribution is 6.30. The number of hydrogen-bond acceptors (Lipinski definition) is 2. The molecule has 2 aromatic rings. The molecule has 2 aromatic carbocycles. The number of carbonyl (C=O) groups is 1. The van der Waals surface area contributed by atoms with E-state index in [2.05, 4.69) is 11.4 Å². The Morgan fingerprint density at radius 1 is 1.19 bits per heavy atom. The molecule has 0 aliphatic heterocycles. The summed E-state index contributed by atoms with van der Waals surface area (Å²) >= 11 is 5.85. The Hall–Kier alpha value is -2.31. The van der Waals surface area contributed by atoms with Crippen LogP contribution >= 0.6 is 11.6 Å². The predicted octanol–water partition coefficient (Wildman–Crippen LogP) is 3.44. The molecule has 0 aliphatic carbocycles. The van der Waals surface area contributed by atoms with Crippen molar-refractivity contribution < 1.29 is 4.79 Å². The second-order valence-electron chi connectivity index (χ2n) is 4.95. The number of benzene rings is 2. The summed E-state index contributed by atoms with van der Waals surface area (Å²) in [6, 6.07) is 18.5. The molecule has 0 aliphatic rings. The molecule has 21 heavy (non-hydrogen) atoms. The molecule has 0 saturated heterocycles. The average Bonchev–Trinajstić information content (AvgIpc) is 2.48. The summed E-state index contributed by atoms with van der Waals surface area (Å²) in [5.41, 5.74) is 0.540. The number of rotatable bonds is 4. The zero-order chi connectivity index (χ0) is 15.3. The van der Waals surface area contributed by atoms with Gasteiger partial charge in [-0.1, -0.05) is 54.1 Å². The van der Waals surface area contributed by atoms with Crippen molar-refractivity contribution in [2.45, 2.75) is 18.9 Å². The fraction of sp³-hybridized carbons (Fsp3) is 0.176. The van der Waals surface area contributed by atoms with E-state index in [1.165, 1.54) is 0 Å². The molecule has 0 heterocycles. The molecule has 0 radical (unpaired) electrons. The minimum absolute atomic E-state index is 0.194. The molecule has 0 fully saturated rings. The van der Waals surface area contributed by atoms with Gasteiger partial charge in [0.25, 0.3) is 0 Å². The second-order valence-corrected chi connectivity index (χ2v) is 5.39. The van der Waals surface area contributed by atoms with Gasteiger partial charge in [0, 0.05) is 5.02 Å². The minimum Gasteiger partial charge on any atom is -0.334 e. The van der Waals surface area contributed by atoms with Crippen LogP contribution in [-0.4, -0.2) is 5.91 Å². The normalized spacial score (nSPS) is 13.0. The lowest BCUT2D eigenvalue weighted by atomic mass is 9.93. The third-order valence-corrected chi connectivity index (χ3v) is 3.49. The first-order valence-electron chi connectivity index (χ1n) is 6.56. The van der Waals surface area contributed by atoms with Crippen molar-refractivity contribution in [1.29, 1.82) is 5.26 Å². The quantitative estimate of drug-likeness (QED) is 0.940. The fourth-order valence-electron chi connectivity index (χ4n) is 2.05. The number of nitrogens with one attached hydrogen (secondary N) is 1. The van der Waals surface area contributed by atoms with Crippen LogP contribution in [0.25, 0.3) is 0 Å². The highest BCUT2D eigenvalue weighted by atomic mass is 35.5. The number of nitriles is 1. The topological polar surface area (TPSA) is 52.9 Å². The van der Waals surface area contributed by atoms with Crippen LogP contribution in [-0.2, 0) is 16.8 Å². The summed E-state index contributed by atoms with van der Waals surface area (Å²) in [5, 5.41) is 12.8. The highest BCUT2D eigenvalue weighted by Crippen LogP contribution is 2.22. The first-order chi connectivity index (χ1) is 10.0. The van der Waals surface area contributed by atoms with Crippen molar-refractivity contribution in [3.8, 4) is 6.07 Å². The van der Waals surface area contributed by atoms with Gasteiger partial charge in [-0.3, -0.25) is 4.79 Å². The van der Waals surface area contributed by atoms with E-state index in [9.17, 15) is 10.1 Å². The third-order valence-electron chi connectivity index (χ3n) is 3.24.